The summed E-state index contributed by atoms with van der Waals surface area (Å²) in [6, 6.07) is 24.8. The van der Waals surface area contributed by atoms with E-state index in [0.29, 0.717) is 49.7 Å². The molecule has 1 heterocycles. The van der Waals surface area contributed by atoms with Gasteiger partial charge in [-0.25, -0.2) is 8.42 Å². The van der Waals surface area contributed by atoms with Crippen LogP contribution >= 0.6 is 0 Å². The summed E-state index contributed by atoms with van der Waals surface area (Å²) in [6.07, 6.45) is 0.794. The molecule has 0 aromatic heterocycles. The third kappa shape index (κ3) is 6.11. The number of nitrogens with zero attached hydrogens (tertiary/aromatic N) is 2. The van der Waals surface area contributed by atoms with Crippen LogP contribution in [0.3, 0.4) is 0 Å². The molecule has 34 heavy (non-hydrogen) atoms. The largest absolute Gasteiger partial charge is 0.352 e. The first-order chi connectivity index (χ1) is 16.4. The molecule has 1 fully saturated rings. The molecule has 3 aromatic rings. The number of hydrogen-bond donors (Lipinski definition) is 1. The Bertz CT molecular complexity index is 1200. The van der Waals surface area contributed by atoms with Gasteiger partial charge in [0.1, 0.15) is 0 Å². The Hall–Kier alpha value is -3.00. The zero-order valence-corrected chi connectivity index (χ0v) is 20.3. The third-order valence-electron chi connectivity index (χ3n) is 6.13. The molecule has 7 heteroatoms. The van der Waals surface area contributed by atoms with Gasteiger partial charge in [-0.3, -0.25) is 9.69 Å². The monoisotopic (exact) mass is 477 g/mol. The number of carbonyl (C=O) groups excluding carboxylic acids is 1. The van der Waals surface area contributed by atoms with Crippen LogP contribution in [-0.2, 0) is 23.0 Å². The van der Waals surface area contributed by atoms with Crippen LogP contribution in [0.1, 0.15) is 27.0 Å². The second-order valence-corrected chi connectivity index (χ2v) is 10.6. The van der Waals surface area contributed by atoms with E-state index >= 15 is 0 Å². The molecule has 0 radical (unpaired) electrons. The summed E-state index contributed by atoms with van der Waals surface area (Å²) in [5.41, 5.74) is 3.92. The highest BCUT2D eigenvalue weighted by molar-refractivity contribution is 7.89. The zero-order chi connectivity index (χ0) is 24.0. The van der Waals surface area contributed by atoms with Crippen LogP contribution in [0.2, 0.25) is 0 Å². The highest BCUT2D eigenvalue weighted by Crippen LogP contribution is 2.19. The number of carbonyl (C=O) groups is 1. The molecule has 1 aliphatic heterocycles. The van der Waals surface area contributed by atoms with Crippen molar-refractivity contribution in [3.05, 3.63) is 101 Å². The molecular weight excluding hydrogens is 446 g/mol. The van der Waals surface area contributed by atoms with Crippen molar-refractivity contribution >= 4 is 15.9 Å². The molecule has 0 spiro atoms. The molecule has 0 atom stereocenters. The van der Waals surface area contributed by atoms with Gasteiger partial charge in [0.2, 0.25) is 10.0 Å². The van der Waals surface area contributed by atoms with Crippen LogP contribution in [0.25, 0.3) is 0 Å². The van der Waals surface area contributed by atoms with E-state index in [0.717, 1.165) is 17.5 Å². The summed E-state index contributed by atoms with van der Waals surface area (Å²) in [5, 5.41) is 2.99. The fourth-order valence-corrected chi connectivity index (χ4v) is 5.55. The Morgan fingerprint density at radius 3 is 2.24 bits per heavy atom. The van der Waals surface area contributed by atoms with Crippen molar-refractivity contribution < 1.29 is 13.2 Å². The van der Waals surface area contributed by atoms with Gasteiger partial charge in [0, 0.05) is 44.8 Å². The Labute approximate surface area is 202 Å². The Morgan fingerprint density at radius 1 is 0.853 bits per heavy atom. The van der Waals surface area contributed by atoms with Crippen LogP contribution in [-0.4, -0.2) is 56.3 Å². The van der Waals surface area contributed by atoms with Crippen LogP contribution in [0.5, 0.6) is 0 Å². The van der Waals surface area contributed by atoms with Gasteiger partial charge in [-0.1, -0.05) is 60.2 Å². The number of sulfonamides is 1. The second-order valence-electron chi connectivity index (χ2n) is 8.69. The summed E-state index contributed by atoms with van der Waals surface area (Å²) in [6.45, 7) is 5.43. The molecule has 178 valence electrons. The molecule has 4 rings (SSSR count). The van der Waals surface area contributed by atoms with Crippen molar-refractivity contribution in [3.63, 3.8) is 0 Å². The fraction of sp³-hybridized carbons (Fsp3) is 0.296. The van der Waals surface area contributed by atoms with Gasteiger partial charge in [-0.05, 0) is 48.7 Å². The smallest absolute Gasteiger partial charge is 0.251 e. The van der Waals surface area contributed by atoms with Crippen molar-refractivity contribution in [1.29, 1.82) is 0 Å². The summed E-state index contributed by atoms with van der Waals surface area (Å²) >= 11 is 0. The molecular formula is C27H31N3O3S. The Balaban J connectivity index is 1.29. The first kappa shape index (κ1) is 24.1. The van der Waals surface area contributed by atoms with Gasteiger partial charge in [0.15, 0.2) is 0 Å². The lowest BCUT2D eigenvalue weighted by molar-refractivity contribution is 0.0954. The lowest BCUT2D eigenvalue weighted by Gasteiger charge is -2.34. The van der Waals surface area contributed by atoms with Crippen molar-refractivity contribution in [2.24, 2.45) is 0 Å². The summed E-state index contributed by atoms with van der Waals surface area (Å²) in [5.74, 6) is -0.0770. The molecule has 1 N–H and O–H groups in total. The van der Waals surface area contributed by atoms with E-state index in [-0.39, 0.29) is 5.91 Å². The van der Waals surface area contributed by atoms with Gasteiger partial charge in [-0.2, -0.15) is 4.31 Å². The average molecular weight is 478 g/mol. The highest BCUT2D eigenvalue weighted by atomic mass is 32.2. The van der Waals surface area contributed by atoms with Crippen molar-refractivity contribution in [2.45, 2.75) is 24.8 Å². The van der Waals surface area contributed by atoms with E-state index in [2.05, 4.69) is 22.3 Å². The van der Waals surface area contributed by atoms with Crippen LogP contribution in [0.15, 0.2) is 83.8 Å². The van der Waals surface area contributed by atoms with E-state index in [4.69, 9.17) is 0 Å². The SMILES string of the molecule is Cc1ccc(S(=O)(=O)N2CCN(Cc3cccc(C(=O)NCCc4ccccc4)c3)CC2)cc1. The van der Waals surface area contributed by atoms with E-state index in [1.807, 2.05) is 61.5 Å². The Morgan fingerprint density at radius 2 is 1.53 bits per heavy atom. The zero-order valence-electron chi connectivity index (χ0n) is 19.5. The number of nitrogens with one attached hydrogen (secondary N) is 1. The number of amides is 1. The van der Waals surface area contributed by atoms with E-state index < -0.39 is 10.0 Å². The van der Waals surface area contributed by atoms with Crippen molar-refractivity contribution in [3.8, 4) is 0 Å². The van der Waals surface area contributed by atoms with Gasteiger partial charge in [0.05, 0.1) is 4.90 Å². The molecule has 0 aliphatic carbocycles. The number of benzene rings is 3. The minimum Gasteiger partial charge on any atom is -0.352 e. The summed E-state index contributed by atoms with van der Waals surface area (Å²) in [4.78, 5) is 15.2. The van der Waals surface area contributed by atoms with Gasteiger partial charge in [-0.15, -0.1) is 0 Å². The maximum absolute atomic E-state index is 12.9. The van der Waals surface area contributed by atoms with Crippen molar-refractivity contribution in [1.82, 2.24) is 14.5 Å². The first-order valence-corrected chi connectivity index (χ1v) is 13.1. The average Bonchev–Trinajstić information content (AvgIpc) is 2.85. The maximum atomic E-state index is 12.9. The van der Waals surface area contributed by atoms with Crippen LogP contribution < -0.4 is 5.32 Å². The highest BCUT2D eigenvalue weighted by Gasteiger charge is 2.28. The molecule has 1 amide bonds. The van der Waals surface area contributed by atoms with Crippen molar-refractivity contribution in [2.75, 3.05) is 32.7 Å². The maximum Gasteiger partial charge on any atom is 0.251 e. The van der Waals surface area contributed by atoms with Gasteiger partial charge >= 0.3 is 0 Å². The van der Waals surface area contributed by atoms with Gasteiger partial charge < -0.3 is 5.32 Å². The van der Waals surface area contributed by atoms with Crippen LogP contribution in [0.4, 0.5) is 0 Å². The molecule has 0 unspecified atom stereocenters. The van der Waals surface area contributed by atoms with E-state index in [9.17, 15) is 13.2 Å². The predicted octanol–water partition coefficient (Wildman–Crippen LogP) is 3.47. The van der Waals surface area contributed by atoms with E-state index in [1.165, 1.54) is 5.56 Å². The predicted molar refractivity (Wildman–Crippen MR) is 134 cm³/mol. The van der Waals surface area contributed by atoms with E-state index in [1.54, 1.807) is 16.4 Å². The number of piperazine rings is 1. The Kier molecular flexibility index (Phi) is 7.77. The number of hydrogen-bond acceptors (Lipinski definition) is 4. The minimum absolute atomic E-state index is 0.0770. The molecule has 1 saturated heterocycles. The summed E-state index contributed by atoms with van der Waals surface area (Å²) < 4.78 is 27.4. The quantitative estimate of drug-likeness (QED) is 0.539. The fourth-order valence-electron chi connectivity index (χ4n) is 4.12. The summed E-state index contributed by atoms with van der Waals surface area (Å²) in [7, 11) is -3.47. The molecule has 6 nitrogen and oxygen atoms in total. The topological polar surface area (TPSA) is 69.7 Å². The van der Waals surface area contributed by atoms with Crippen LogP contribution in [0, 0.1) is 6.92 Å². The molecule has 1 aliphatic rings. The number of rotatable bonds is 8. The standard InChI is InChI=1S/C27H31N3O3S/c1-22-10-12-26(13-11-22)34(32,33)30-18-16-29(17-19-30)21-24-8-5-9-25(20-24)27(31)28-15-14-23-6-3-2-4-7-23/h2-13,20H,14-19,21H2,1H3,(H,28,31). The third-order valence-corrected chi connectivity index (χ3v) is 8.04. The minimum atomic E-state index is -3.47. The number of aryl methyl sites for hydroxylation is 1. The molecule has 0 saturated carbocycles. The second kappa shape index (κ2) is 11.0. The lowest BCUT2D eigenvalue weighted by atomic mass is 10.1. The molecule has 3 aromatic carbocycles. The van der Waals surface area contributed by atoms with Gasteiger partial charge in [0.25, 0.3) is 5.91 Å². The lowest BCUT2D eigenvalue weighted by Crippen LogP contribution is -2.48. The molecule has 0 bridgehead atoms. The normalized spacial score (nSPS) is 15.2. The first-order valence-electron chi connectivity index (χ1n) is 11.6.